The van der Waals surface area contributed by atoms with Gasteiger partial charge in [-0.15, -0.1) is 0 Å². The van der Waals surface area contributed by atoms with E-state index in [-0.39, 0.29) is 0 Å². The van der Waals surface area contributed by atoms with Gasteiger partial charge in [0.1, 0.15) is 11.5 Å². The SMILES string of the molecule is NC(=O)c1ccc(Oc2ccc(C=O)c(Br)c2)cc1. The second-order valence-electron chi connectivity index (χ2n) is 3.79. The summed E-state index contributed by atoms with van der Waals surface area (Å²) in [4.78, 5) is 21.6. The van der Waals surface area contributed by atoms with Gasteiger partial charge in [0.2, 0.25) is 5.91 Å². The van der Waals surface area contributed by atoms with Crippen LogP contribution in [0.3, 0.4) is 0 Å². The van der Waals surface area contributed by atoms with Gasteiger partial charge in [-0.1, -0.05) is 0 Å². The molecule has 0 radical (unpaired) electrons. The molecular formula is C14H10BrNO3. The highest BCUT2D eigenvalue weighted by Crippen LogP contribution is 2.26. The van der Waals surface area contributed by atoms with Crippen molar-refractivity contribution in [2.45, 2.75) is 0 Å². The molecule has 4 nitrogen and oxygen atoms in total. The van der Waals surface area contributed by atoms with Gasteiger partial charge in [-0.25, -0.2) is 0 Å². The molecule has 0 heterocycles. The molecule has 0 saturated heterocycles. The maximum absolute atomic E-state index is 10.9. The Hall–Kier alpha value is -2.14. The Kier molecular flexibility index (Phi) is 3.97. The van der Waals surface area contributed by atoms with E-state index in [0.29, 0.717) is 27.1 Å². The summed E-state index contributed by atoms with van der Waals surface area (Å²) in [6.07, 6.45) is 0.759. The summed E-state index contributed by atoms with van der Waals surface area (Å²) >= 11 is 3.28. The molecule has 19 heavy (non-hydrogen) atoms. The van der Waals surface area contributed by atoms with Crippen LogP contribution < -0.4 is 10.5 Å². The third-order valence-electron chi connectivity index (χ3n) is 2.47. The summed E-state index contributed by atoms with van der Waals surface area (Å²) in [5.41, 5.74) is 6.12. The first-order chi connectivity index (χ1) is 9.10. The highest BCUT2D eigenvalue weighted by Gasteiger charge is 2.04. The van der Waals surface area contributed by atoms with Gasteiger partial charge >= 0.3 is 0 Å². The Balaban J connectivity index is 2.19. The summed E-state index contributed by atoms with van der Waals surface area (Å²) in [6.45, 7) is 0. The van der Waals surface area contributed by atoms with Crippen LogP contribution in [0, 0.1) is 0 Å². The van der Waals surface area contributed by atoms with Crippen molar-refractivity contribution in [2.75, 3.05) is 0 Å². The minimum absolute atomic E-state index is 0.421. The number of ether oxygens (including phenoxy) is 1. The van der Waals surface area contributed by atoms with Gasteiger partial charge in [0, 0.05) is 15.6 Å². The van der Waals surface area contributed by atoms with Crippen LogP contribution >= 0.6 is 15.9 Å². The molecule has 0 fully saturated rings. The van der Waals surface area contributed by atoms with Crippen LogP contribution in [-0.4, -0.2) is 12.2 Å². The predicted octanol–water partition coefficient (Wildman–Crippen LogP) is 3.15. The molecule has 96 valence electrons. The lowest BCUT2D eigenvalue weighted by Gasteiger charge is -2.07. The van der Waals surface area contributed by atoms with Crippen LogP contribution in [-0.2, 0) is 0 Å². The number of carbonyl (C=O) groups is 2. The fraction of sp³-hybridized carbons (Fsp3) is 0. The topological polar surface area (TPSA) is 69.4 Å². The molecule has 0 aromatic heterocycles. The monoisotopic (exact) mass is 319 g/mol. The van der Waals surface area contributed by atoms with E-state index in [1.807, 2.05) is 0 Å². The Morgan fingerprint density at radius 2 is 1.74 bits per heavy atom. The standard InChI is InChI=1S/C14H10BrNO3/c15-13-7-12(6-3-10(13)8-17)19-11-4-1-9(2-5-11)14(16)18/h1-8H,(H2,16,18). The van der Waals surface area contributed by atoms with Crippen molar-refractivity contribution in [3.63, 3.8) is 0 Å². The average molecular weight is 320 g/mol. The summed E-state index contributed by atoms with van der Waals surface area (Å²) in [5.74, 6) is 0.685. The number of nitrogens with two attached hydrogens (primary N) is 1. The van der Waals surface area contributed by atoms with E-state index in [9.17, 15) is 9.59 Å². The second kappa shape index (κ2) is 5.67. The maximum Gasteiger partial charge on any atom is 0.248 e. The minimum atomic E-state index is -0.482. The third-order valence-corrected chi connectivity index (χ3v) is 3.16. The number of amides is 1. The van der Waals surface area contributed by atoms with Crippen LogP contribution in [0.1, 0.15) is 20.7 Å². The van der Waals surface area contributed by atoms with E-state index >= 15 is 0 Å². The van der Waals surface area contributed by atoms with Crippen LogP contribution in [0.15, 0.2) is 46.9 Å². The molecule has 5 heteroatoms. The molecule has 0 aliphatic carbocycles. The molecule has 2 rings (SSSR count). The number of hydrogen-bond acceptors (Lipinski definition) is 3. The largest absolute Gasteiger partial charge is 0.457 e. The van der Waals surface area contributed by atoms with Crippen molar-refractivity contribution < 1.29 is 14.3 Å². The summed E-state index contributed by atoms with van der Waals surface area (Å²) < 4.78 is 6.26. The van der Waals surface area contributed by atoms with Gasteiger partial charge in [0.15, 0.2) is 6.29 Å². The Labute approximate surface area is 118 Å². The number of aldehydes is 1. The van der Waals surface area contributed by atoms with Gasteiger partial charge in [-0.3, -0.25) is 9.59 Å². The number of benzene rings is 2. The van der Waals surface area contributed by atoms with Gasteiger partial charge in [-0.05, 0) is 58.4 Å². The highest BCUT2D eigenvalue weighted by atomic mass is 79.9. The fourth-order valence-corrected chi connectivity index (χ4v) is 1.94. The lowest BCUT2D eigenvalue weighted by molar-refractivity contribution is 0.1000. The van der Waals surface area contributed by atoms with E-state index < -0.39 is 5.91 Å². The number of carbonyl (C=O) groups excluding carboxylic acids is 2. The highest BCUT2D eigenvalue weighted by molar-refractivity contribution is 9.10. The lowest BCUT2D eigenvalue weighted by atomic mass is 10.2. The molecule has 0 aliphatic heterocycles. The van der Waals surface area contributed by atoms with Crippen molar-refractivity contribution in [1.82, 2.24) is 0 Å². The second-order valence-corrected chi connectivity index (χ2v) is 4.65. The molecule has 0 aliphatic rings. The first-order valence-corrected chi connectivity index (χ1v) is 6.22. The van der Waals surface area contributed by atoms with Gasteiger partial charge in [0.25, 0.3) is 0 Å². The summed E-state index contributed by atoms with van der Waals surface area (Å²) in [7, 11) is 0. The van der Waals surface area contributed by atoms with E-state index in [2.05, 4.69) is 15.9 Å². The fourth-order valence-electron chi connectivity index (χ4n) is 1.49. The van der Waals surface area contributed by atoms with E-state index in [1.54, 1.807) is 42.5 Å². The predicted molar refractivity (Wildman–Crippen MR) is 74.6 cm³/mol. The summed E-state index contributed by atoms with van der Waals surface area (Å²) in [6, 6.07) is 11.5. The smallest absolute Gasteiger partial charge is 0.248 e. The number of rotatable bonds is 4. The summed E-state index contributed by atoms with van der Waals surface area (Å²) in [5, 5.41) is 0. The van der Waals surface area contributed by atoms with Crippen LogP contribution in [0.4, 0.5) is 0 Å². The Morgan fingerprint density at radius 3 is 2.26 bits per heavy atom. The molecular weight excluding hydrogens is 310 g/mol. The van der Waals surface area contributed by atoms with Gasteiger partial charge < -0.3 is 10.5 Å². The van der Waals surface area contributed by atoms with Crippen molar-refractivity contribution in [1.29, 1.82) is 0 Å². The van der Waals surface area contributed by atoms with Crippen LogP contribution in [0.25, 0.3) is 0 Å². The molecule has 2 aromatic carbocycles. The molecule has 0 spiro atoms. The van der Waals surface area contributed by atoms with E-state index in [1.165, 1.54) is 0 Å². The normalized spacial score (nSPS) is 9.95. The first-order valence-electron chi connectivity index (χ1n) is 5.42. The Morgan fingerprint density at radius 1 is 1.11 bits per heavy atom. The Bertz CT molecular complexity index is 623. The molecule has 0 atom stereocenters. The van der Waals surface area contributed by atoms with Crippen LogP contribution in [0.2, 0.25) is 0 Å². The van der Waals surface area contributed by atoms with E-state index in [0.717, 1.165) is 6.29 Å². The quantitative estimate of drug-likeness (QED) is 0.880. The molecule has 0 unspecified atom stereocenters. The van der Waals surface area contributed by atoms with Gasteiger partial charge in [-0.2, -0.15) is 0 Å². The van der Waals surface area contributed by atoms with Crippen molar-refractivity contribution >= 4 is 28.1 Å². The molecule has 0 bridgehead atoms. The average Bonchev–Trinajstić information content (AvgIpc) is 2.39. The lowest BCUT2D eigenvalue weighted by Crippen LogP contribution is -2.10. The van der Waals surface area contributed by atoms with Crippen LogP contribution in [0.5, 0.6) is 11.5 Å². The maximum atomic E-state index is 10.9. The van der Waals surface area contributed by atoms with Gasteiger partial charge in [0.05, 0.1) is 0 Å². The molecule has 2 N–H and O–H groups in total. The number of primary amides is 1. The molecule has 2 aromatic rings. The number of halogens is 1. The molecule has 0 saturated carbocycles. The third kappa shape index (κ3) is 3.20. The minimum Gasteiger partial charge on any atom is -0.457 e. The zero-order chi connectivity index (χ0) is 13.8. The number of hydrogen-bond donors (Lipinski definition) is 1. The van der Waals surface area contributed by atoms with Crippen molar-refractivity contribution in [3.05, 3.63) is 58.1 Å². The molecule has 1 amide bonds. The van der Waals surface area contributed by atoms with Crippen molar-refractivity contribution in [3.8, 4) is 11.5 Å². The first kappa shape index (κ1) is 13.3. The zero-order valence-corrected chi connectivity index (χ0v) is 11.4. The zero-order valence-electron chi connectivity index (χ0n) is 9.80. The van der Waals surface area contributed by atoms with Crippen molar-refractivity contribution in [2.24, 2.45) is 5.73 Å². The van der Waals surface area contributed by atoms with E-state index in [4.69, 9.17) is 10.5 Å².